The van der Waals surface area contributed by atoms with E-state index in [4.69, 9.17) is 5.84 Å². The molecule has 0 spiro atoms. The van der Waals surface area contributed by atoms with Gasteiger partial charge in [0.1, 0.15) is 0 Å². The molecule has 1 unspecified atom stereocenters. The number of halogens is 3. The molecule has 0 fully saturated rings. The zero-order valence-electron chi connectivity index (χ0n) is 9.32. The van der Waals surface area contributed by atoms with Crippen molar-refractivity contribution in [3.8, 4) is 0 Å². The Labute approximate surface area is 94.0 Å². The number of hydrogen-bond acceptors (Lipinski definition) is 2. The Bertz CT molecular complexity index is 236. The molecule has 0 radical (unpaired) electrons. The molecule has 94 valence electrons. The van der Waals surface area contributed by atoms with Crippen LogP contribution in [0.5, 0.6) is 0 Å². The van der Waals surface area contributed by atoms with Gasteiger partial charge in [-0.3, -0.25) is 11.3 Å². The van der Waals surface area contributed by atoms with E-state index in [1.54, 1.807) is 0 Å². The highest BCUT2D eigenvalue weighted by molar-refractivity contribution is 5.06. The molecule has 0 saturated heterocycles. The van der Waals surface area contributed by atoms with Crippen molar-refractivity contribution >= 4 is 0 Å². The van der Waals surface area contributed by atoms with Crippen LogP contribution in [0.1, 0.15) is 44.9 Å². The molecule has 3 N–H and O–H groups in total. The van der Waals surface area contributed by atoms with Crippen molar-refractivity contribution in [2.45, 2.75) is 57.2 Å². The summed E-state index contributed by atoms with van der Waals surface area (Å²) in [6.45, 7) is 0. The smallest absolute Gasteiger partial charge is 0.271 e. The average molecular weight is 236 g/mol. The van der Waals surface area contributed by atoms with E-state index in [9.17, 15) is 13.2 Å². The second kappa shape index (κ2) is 6.25. The number of rotatable bonds is 5. The van der Waals surface area contributed by atoms with Crippen molar-refractivity contribution < 1.29 is 13.2 Å². The number of allylic oxidation sites excluding steroid dienone is 1. The molecule has 1 rings (SSSR count). The number of alkyl halides is 3. The lowest BCUT2D eigenvalue weighted by atomic mass is 9.93. The van der Waals surface area contributed by atoms with Gasteiger partial charge in [0, 0.05) is 12.5 Å². The van der Waals surface area contributed by atoms with Crippen LogP contribution in [0.2, 0.25) is 0 Å². The first kappa shape index (κ1) is 13.5. The van der Waals surface area contributed by atoms with Gasteiger partial charge in [0.2, 0.25) is 0 Å². The third-order valence-corrected chi connectivity index (χ3v) is 2.91. The third-order valence-electron chi connectivity index (χ3n) is 2.91. The van der Waals surface area contributed by atoms with E-state index in [2.05, 4.69) is 11.5 Å². The van der Waals surface area contributed by atoms with Crippen molar-refractivity contribution in [2.24, 2.45) is 5.84 Å². The van der Waals surface area contributed by atoms with Gasteiger partial charge in [-0.05, 0) is 38.5 Å². The number of hydrazine groups is 1. The largest absolute Gasteiger partial charge is 0.389 e. The van der Waals surface area contributed by atoms with E-state index in [1.807, 2.05) is 0 Å². The minimum atomic E-state index is -4.09. The van der Waals surface area contributed by atoms with Gasteiger partial charge in [-0.2, -0.15) is 13.2 Å². The minimum absolute atomic E-state index is 0.0529. The maximum absolute atomic E-state index is 12.0. The van der Waals surface area contributed by atoms with E-state index in [0.717, 1.165) is 19.3 Å². The predicted octanol–water partition coefficient (Wildman–Crippen LogP) is 3.05. The second-order valence-corrected chi connectivity index (χ2v) is 4.33. The van der Waals surface area contributed by atoms with Gasteiger partial charge in [0.05, 0.1) is 0 Å². The van der Waals surface area contributed by atoms with Crippen molar-refractivity contribution in [1.82, 2.24) is 5.43 Å². The Balaban J connectivity index is 2.33. The van der Waals surface area contributed by atoms with Crippen LogP contribution in [0, 0.1) is 0 Å². The van der Waals surface area contributed by atoms with E-state index in [0.29, 0.717) is 6.42 Å². The molecule has 0 amide bonds. The normalized spacial score (nSPS) is 19.4. The SMILES string of the molecule is NNC(CCC(F)(F)F)CC1=CCCCC1. The van der Waals surface area contributed by atoms with Crippen LogP contribution in [-0.2, 0) is 0 Å². The molecule has 5 heteroatoms. The summed E-state index contributed by atoms with van der Waals surface area (Å²) < 4.78 is 36.1. The summed E-state index contributed by atoms with van der Waals surface area (Å²) in [4.78, 5) is 0. The third kappa shape index (κ3) is 5.51. The Morgan fingerprint density at radius 1 is 1.38 bits per heavy atom. The van der Waals surface area contributed by atoms with Gasteiger partial charge in [0.25, 0.3) is 0 Å². The molecule has 2 nitrogen and oxygen atoms in total. The summed E-state index contributed by atoms with van der Waals surface area (Å²) in [5.74, 6) is 5.27. The van der Waals surface area contributed by atoms with Gasteiger partial charge in [-0.15, -0.1) is 0 Å². The molecule has 0 bridgehead atoms. The fourth-order valence-corrected chi connectivity index (χ4v) is 1.99. The molecule has 0 aromatic rings. The van der Waals surface area contributed by atoms with E-state index in [1.165, 1.54) is 12.0 Å². The molecule has 0 aromatic heterocycles. The number of nitrogens with two attached hydrogens (primary N) is 1. The Kier molecular flexibility index (Phi) is 5.28. The van der Waals surface area contributed by atoms with Gasteiger partial charge in [0.15, 0.2) is 0 Å². The summed E-state index contributed by atoms with van der Waals surface area (Å²) in [7, 11) is 0. The van der Waals surface area contributed by atoms with E-state index < -0.39 is 12.6 Å². The van der Waals surface area contributed by atoms with Gasteiger partial charge in [-0.1, -0.05) is 11.6 Å². The fraction of sp³-hybridized carbons (Fsp3) is 0.818. The maximum atomic E-state index is 12.0. The molecule has 0 heterocycles. The van der Waals surface area contributed by atoms with Crippen LogP contribution in [-0.4, -0.2) is 12.2 Å². The summed E-state index contributed by atoms with van der Waals surface area (Å²) in [5.41, 5.74) is 3.73. The van der Waals surface area contributed by atoms with Gasteiger partial charge < -0.3 is 0 Å². The van der Waals surface area contributed by atoms with Crippen LogP contribution in [0.4, 0.5) is 13.2 Å². The highest BCUT2D eigenvalue weighted by Gasteiger charge is 2.28. The van der Waals surface area contributed by atoms with Crippen molar-refractivity contribution in [3.05, 3.63) is 11.6 Å². The molecule has 1 aliphatic rings. The van der Waals surface area contributed by atoms with Crippen LogP contribution in [0.3, 0.4) is 0 Å². The van der Waals surface area contributed by atoms with Crippen LogP contribution >= 0.6 is 0 Å². The first-order valence-corrected chi connectivity index (χ1v) is 5.72. The quantitative estimate of drug-likeness (QED) is 0.437. The van der Waals surface area contributed by atoms with Crippen molar-refractivity contribution in [2.75, 3.05) is 0 Å². The van der Waals surface area contributed by atoms with E-state index >= 15 is 0 Å². The molecule has 1 aliphatic carbocycles. The summed E-state index contributed by atoms with van der Waals surface area (Å²) in [6.07, 6.45) is 2.36. The van der Waals surface area contributed by atoms with Crippen molar-refractivity contribution in [1.29, 1.82) is 0 Å². The lowest BCUT2D eigenvalue weighted by Crippen LogP contribution is -2.36. The highest BCUT2D eigenvalue weighted by Crippen LogP contribution is 2.26. The molecule has 1 atom stereocenters. The summed E-state index contributed by atoms with van der Waals surface area (Å²) in [5, 5.41) is 0. The van der Waals surface area contributed by atoms with Crippen LogP contribution < -0.4 is 11.3 Å². The second-order valence-electron chi connectivity index (χ2n) is 4.33. The summed E-state index contributed by atoms with van der Waals surface area (Å²) in [6, 6.07) is -0.258. The van der Waals surface area contributed by atoms with Crippen molar-refractivity contribution in [3.63, 3.8) is 0 Å². The molecular weight excluding hydrogens is 217 g/mol. The van der Waals surface area contributed by atoms with E-state index in [-0.39, 0.29) is 12.5 Å². The Morgan fingerprint density at radius 3 is 2.62 bits per heavy atom. The lowest BCUT2D eigenvalue weighted by molar-refractivity contribution is -0.136. The molecule has 0 saturated carbocycles. The topological polar surface area (TPSA) is 38.0 Å². The molecule has 16 heavy (non-hydrogen) atoms. The highest BCUT2D eigenvalue weighted by atomic mass is 19.4. The Morgan fingerprint density at radius 2 is 2.12 bits per heavy atom. The maximum Gasteiger partial charge on any atom is 0.389 e. The lowest BCUT2D eigenvalue weighted by Gasteiger charge is -2.20. The average Bonchev–Trinajstić information content (AvgIpc) is 2.24. The standard InChI is InChI=1S/C11H19F3N2/c12-11(13,14)7-6-10(16-15)8-9-4-2-1-3-5-9/h4,10,16H,1-3,5-8,15H2. The molecular formula is C11H19F3N2. The predicted molar refractivity (Wildman–Crippen MR) is 57.6 cm³/mol. The first-order chi connectivity index (χ1) is 7.51. The van der Waals surface area contributed by atoms with Gasteiger partial charge >= 0.3 is 6.18 Å². The zero-order chi connectivity index (χ0) is 12.0. The van der Waals surface area contributed by atoms with Gasteiger partial charge in [-0.25, -0.2) is 0 Å². The molecule has 0 aromatic carbocycles. The summed E-state index contributed by atoms with van der Waals surface area (Å²) >= 11 is 0. The zero-order valence-corrected chi connectivity index (χ0v) is 9.32. The Hall–Kier alpha value is -0.550. The van der Waals surface area contributed by atoms with Crippen LogP contribution in [0.25, 0.3) is 0 Å². The fourth-order valence-electron chi connectivity index (χ4n) is 1.99. The van der Waals surface area contributed by atoms with Crippen LogP contribution in [0.15, 0.2) is 11.6 Å². The number of nitrogens with one attached hydrogen (secondary N) is 1. The minimum Gasteiger partial charge on any atom is -0.271 e. The first-order valence-electron chi connectivity index (χ1n) is 5.72. The monoisotopic (exact) mass is 236 g/mol. The molecule has 0 aliphatic heterocycles. The number of hydrogen-bond donors (Lipinski definition) is 2.